The summed E-state index contributed by atoms with van der Waals surface area (Å²) in [6, 6.07) is 22.1. The number of carbonyl (C=O) groups is 1. The van der Waals surface area contributed by atoms with Gasteiger partial charge in [-0.1, -0.05) is 60.7 Å². The van der Waals surface area contributed by atoms with Gasteiger partial charge in [0.05, 0.1) is 0 Å². The van der Waals surface area contributed by atoms with E-state index in [1.807, 2.05) is 73.8 Å². The molecule has 1 aromatic heterocycles. The molecule has 0 aliphatic heterocycles. The quantitative estimate of drug-likeness (QED) is 0.234. The molecule has 1 N–H and O–H groups in total. The number of hydrogen-bond acceptors (Lipinski definition) is 2. The Morgan fingerprint density at radius 3 is 2.39 bits per heavy atom. The minimum Gasteiger partial charge on any atom is -0.347 e. The van der Waals surface area contributed by atoms with E-state index >= 15 is 0 Å². The lowest BCUT2D eigenvalue weighted by Crippen LogP contribution is -2.02. The molecular formula is C25H24N2O. The number of ketones is 1. The van der Waals surface area contributed by atoms with Crippen molar-refractivity contribution >= 4 is 33.2 Å². The molecule has 28 heavy (non-hydrogen) atoms. The maximum atomic E-state index is 13.5. The zero-order chi connectivity index (χ0) is 19.5. The second-order valence-corrected chi connectivity index (χ2v) is 7.35. The number of fused-ring (bicyclic) bond motifs is 2. The minimum atomic E-state index is 0.0714. The number of benzene rings is 3. The van der Waals surface area contributed by atoms with Crippen LogP contribution in [0, 0.1) is 5.41 Å². The van der Waals surface area contributed by atoms with Crippen LogP contribution in [0.25, 0.3) is 21.7 Å². The summed E-state index contributed by atoms with van der Waals surface area (Å²) in [5.74, 6) is 0.0714. The summed E-state index contributed by atoms with van der Waals surface area (Å²) in [5, 5.41) is 10.7. The number of aromatic nitrogens is 1. The summed E-state index contributed by atoms with van der Waals surface area (Å²) in [6.07, 6.45) is 4.83. The highest BCUT2D eigenvalue weighted by molar-refractivity contribution is 6.21. The first-order chi connectivity index (χ1) is 13.6. The van der Waals surface area contributed by atoms with Crippen LogP contribution in [0.15, 0.2) is 72.9 Å². The number of hydrogen-bond donors (Lipinski definition) is 1. The number of carbonyl (C=O) groups excluding carboxylic acids is 1. The minimum absolute atomic E-state index is 0.0714. The van der Waals surface area contributed by atoms with Crippen LogP contribution < -0.4 is 0 Å². The van der Waals surface area contributed by atoms with Gasteiger partial charge in [0, 0.05) is 40.5 Å². The molecule has 1 heterocycles. The first-order valence-electron chi connectivity index (χ1n) is 9.79. The van der Waals surface area contributed by atoms with Gasteiger partial charge in [-0.3, -0.25) is 4.79 Å². The normalized spacial score (nSPS) is 11.2. The van der Waals surface area contributed by atoms with E-state index < -0.39 is 0 Å². The summed E-state index contributed by atoms with van der Waals surface area (Å²) in [6.45, 7) is 2.71. The molecule has 0 radical (unpaired) electrons. The topological polar surface area (TPSA) is 45.9 Å². The zero-order valence-electron chi connectivity index (χ0n) is 16.1. The SMILES string of the molecule is CC(=N)CCCCn1cc(C(=O)c2cccc3ccccc23)c2ccccc21. The van der Waals surface area contributed by atoms with E-state index in [1.165, 1.54) is 0 Å². The van der Waals surface area contributed by atoms with E-state index in [2.05, 4.69) is 10.6 Å². The largest absolute Gasteiger partial charge is 0.347 e. The fourth-order valence-corrected chi connectivity index (χ4v) is 3.85. The van der Waals surface area contributed by atoms with Crippen LogP contribution >= 0.6 is 0 Å². The molecule has 4 aromatic rings. The van der Waals surface area contributed by atoms with E-state index in [1.54, 1.807) is 0 Å². The molecule has 3 nitrogen and oxygen atoms in total. The van der Waals surface area contributed by atoms with Gasteiger partial charge in [0.15, 0.2) is 5.78 Å². The van der Waals surface area contributed by atoms with Crippen molar-refractivity contribution in [3.05, 3.63) is 84.1 Å². The molecule has 0 atom stereocenters. The highest BCUT2D eigenvalue weighted by Gasteiger charge is 2.18. The highest BCUT2D eigenvalue weighted by atomic mass is 16.1. The lowest BCUT2D eigenvalue weighted by molar-refractivity contribution is 0.104. The lowest BCUT2D eigenvalue weighted by atomic mass is 9.97. The maximum absolute atomic E-state index is 13.5. The number of nitrogens with zero attached hydrogens (tertiary/aromatic N) is 1. The Balaban J connectivity index is 1.72. The number of aryl methyl sites for hydroxylation is 1. The second kappa shape index (κ2) is 7.81. The molecule has 0 fully saturated rings. The smallest absolute Gasteiger partial charge is 0.195 e. The Bertz CT molecular complexity index is 1160. The van der Waals surface area contributed by atoms with Crippen LogP contribution in [0.4, 0.5) is 0 Å². The van der Waals surface area contributed by atoms with Crippen LogP contribution in [-0.4, -0.2) is 16.1 Å². The molecule has 0 saturated carbocycles. The summed E-state index contributed by atoms with van der Waals surface area (Å²) < 4.78 is 2.19. The molecule has 0 unspecified atom stereocenters. The molecule has 3 aromatic carbocycles. The van der Waals surface area contributed by atoms with E-state index in [9.17, 15) is 4.79 Å². The number of unbranched alkanes of at least 4 members (excludes halogenated alkanes) is 1. The van der Waals surface area contributed by atoms with E-state index in [0.717, 1.165) is 64.3 Å². The standard InChI is InChI=1S/C25H24N2O/c1-18(26)9-6-7-16-27-17-23(21-13-4-5-15-24(21)27)25(28)22-14-8-11-19-10-2-3-12-20(19)22/h2-5,8,10-15,17,26H,6-7,9,16H2,1H3. The lowest BCUT2D eigenvalue weighted by Gasteiger charge is -2.05. The zero-order valence-corrected chi connectivity index (χ0v) is 16.1. The van der Waals surface area contributed by atoms with Crippen molar-refractivity contribution in [3.63, 3.8) is 0 Å². The number of rotatable bonds is 7. The van der Waals surface area contributed by atoms with Gasteiger partial charge in [-0.2, -0.15) is 0 Å². The Kier molecular flexibility index (Phi) is 5.07. The first-order valence-corrected chi connectivity index (χ1v) is 9.79. The third-order valence-corrected chi connectivity index (χ3v) is 5.27. The second-order valence-electron chi connectivity index (χ2n) is 7.35. The van der Waals surface area contributed by atoms with E-state index in [4.69, 9.17) is 5.41 Å². The van der Waals surface area contributed by atoms with Gasteiger partial charge in [-0.05, 0) is 43.0 Å². The third kappa shape index (κ3) is 3.48. The average Bonchev–Trinajstić information content (AvgIpc) is 3.09. The number of para-hydroxylation sites is 1. The summed E-state index contributed by atoms with van der Waals surface area (Å²) in [7, 11) is 0. The first kappa shape index (κ1) is 18.2. The fourth-order valence-electron chi connectivity index (χ4n) is 3.85. The van der Waals surface area contributed by atoms with Crippen LogP contribution in [0.2, 0.25) is 0 Å². The van der Waals surface area contributed by atoms with Gasteiger partial charge in [0.25, 0.3) is 0 Å². The summed E-state index contributed by atoms with van der Waals surface area (Å²) in [5.41, 5.74) is 3.33. The molecule has 3 heteroatoms. The molecule has 0 bridgehead atoms. The van der Waals surface area contributed by atoms with Crippen molar-refractivity contribution in [2.75, 3.05) is 0 Å². The molecular weight excluding hydrogens is 344 g/mol. The van der Waals surface area contributed by atoms with E-state index in [-0.39, 0.29) is 5.78 Å². The Hall–Kier alpha value is -3.20. The van der Waals surface area contributed by atoms with Crippen molar-refractivity contribution in [3.8, 4) is 0 Å². The Morgan fingerprint density at radius 2 is 1.57 bits per heavy atom. The van der Waals surface area contributed by atoms with Crippen LogP contribution in [0.3, 0.4) is 0 Å². The van der Waals surface area contributed by atoms with Crippen molar-refractivity contribution in [2.24, 2.45) is 0 Å². The molecule has 4 rings (SSSR count). The van der Waals surface area contributed by atoms with Gasteiger partial charge in [-0.25, -0.2) is 0 Å². The van der Waals surface area contributed by atoms with Crippen molar-refractivity contribution < 1.29 is 4.79 Å². The van der Waals surface area contributed by atoms with Gasteiger partial charge in [-0.15, -0.1) is 0 Å². The van der Waals surface area contributed by atoms with Gasteiger partial charge in [0.2, 0.25) is 0 Å². The summed E-state index contributed by atoms with van der Waals surface area (Å²) >= 11 is 0. The Morgan fingerprint density at radius 1 is 0.857 bits per heavy atom. The molecule has 0 amide bonds. The number of nitrogens with one attached hydrogen (secondary N) is 1. The van der Waals surface area contributed by atoms with Gasteiger partial charge >= 0.3 is 0 Å². The predicted octanol–water partition coefficient (Wildman–Crippen LogP) is 6.24. The van der Waals surface area contributed by atoms with Crippen LogP contribution in [-0.2, 0) is 6.54 Å². The highest BCUT2D eigenvalue weighted by Crippen LogP contribution is 2.27. The molecule has 140 valence electrons. The third-order valence-electron chi connectivity index (χ3n) is 5.27. The predicted molar refractivity (Wildman–Crippen MR) is 117 cm³/mol. The summed E-state index contributed by atoms with van der Waals surface area (Å²) in [4.78, 5) is 13.5. The maximum Gasteiger partial charge on any atom is 0.195 e. The molecule has 0 saturated heterocycles. The average molecular weight is 368 g/mol. The monoisotopic (exact) mass is 368 g/mol. The van der Waals surface area contributed by atoms with Crippen LogP contribution in [0.1, 0.15) is 42.1 Å². The van der Waals surface area contributed by atoms with E-state index in [0.29, 0.717) is 0 Å². The molecule has 0 aliphatic rings. The fraction of sp³-hybridized carbons (Fsp3) is 0.200. The Labute approximate surface area is 165 Å². The van der Waals surface area contributed by atoms with Crippen molar-refractivity contribution in [2.45, 2.75) is 32.7 Å². The van der Waals surface area contributed by atoms with Gasteiger partial charge < -0.3 is 9.98 Å². The molecule has 0 aliphatic carbocycles. The van der Waals surface area contributed by atoms with Crippen LogP contribution in [0.5, 0.6) is 0 Å². The van der Waals surface area contributed by atoms with Gasteiger partial charge in [0.1, 0.15) is 0 Å². The van der Waals surface area contributed by atoms with Crippen molar-refractivity contribution in [1.29, 1.82) is 5.41 Å². The van der Waals surface area contributed by atoms with Crippen molar-refractivity contribution in [1.82, 2.24) is 4.57 Å². The molecule has 0 spiro atoms.